The Kier molecular flexibility index (Phi) is 6.09. The molecule has 0 aromatic rings. The van der Waals surface area contributed by atoms with Crippen molar-refractivity contribution in [1.82, 2.24) is 10.6 Å². The van der Waals surface area contributed by atoms with Crippen molar-refractivity contribution in [1.29, 1.82) is 0 Å². The van der Waals surface area contributed by atoms with Gasteiger partial charge in [0.25, 0.3) is 0 Å². The summed E-state index contributed by atoms with van der Waals surface area (Å²) in [5, 5.41) is 7.07. The van der Waals surface area contributed by atoms with Crippen molar-refractivity contribution >= 4 is 0 Å². The van der Waals surface area contributed by atoms with E-state index in [1.165, 1.54) is 45.2 Å². The molecule has 1 saturated heterocycles. The minimum absolute atomic E-state index is 0.0878. The first-order valence-electron chi connectivity index (χ1n) is 7.56. The summed E-state index contributed by atoms with van der Waals surface area (Å²) < 4.78 is 0. The van der Waals surface area contributed by atoms with Crippen LogP contribution in [-0.4, -0.2) is 31.2 Å². The summed E-state index contributed by atoms with van der Waals surface area (Å²) >= 11 is 0. The minimum Gasteiger partial charge on any atom is -0.325 e. The fourth-order valence-corrected chi connectivity index (χ4v) is 2.35. The molecule has 0 aliphatic carbocycles. The number of piperidine rings is 1. The van der Waals surface area contributed by atoms with Gasteiger partial charge in [-0.1, -0.05) is 20.3 Å². The minimum atomic E-state index is -0.0878. The van der Waals surface area contributed by atoms with E-state index in [0.29, 0.717) is 0 Å². The number of nitrogens with two attached hydrogens (primary N) is 1. The standard InChI is InChI=1S/C15H33N3/c1-14(2,15(3,4)16)9-5-6-10-18-13-7-11-17-12-8-13/h13,17-18H,5-12,16H2,1-4H3. The molecule has 1 aliphatic heterocycles. The van der Waals surface area contributed by atoms with E-state index in [0.717, 1.165) is 12.6 Å². The highest BCUT2D eigenvalue weighted by Crippen LogP contribution is 2.33. The van der Waals surface area contributed by atoms with E-state index >= 15 is 0 Å². The smallest absolute Gasteiger partial charge is 0.0148 e. The summed E-state index contributed by atoms with van der Waals surface area (Å²) in [6.07, 6.45) is 6.31. The van der Waals surface area contributed by atoms with Crippen molar-refractivity contribution in [2.24, 2.45) is 11.1 Å². The first-order valence-corrected chi connectivity index (χ1v) is 7.56. The maximum absolute atomic E-state index is 6.22. The highest BCUT2D eigenvalue weighted by Gasteiger charge is 2.32. The van der Waals surface area contributed by atoms with Crippen LogP contribution in [0.4, 0.5) is 0 Å². The molecule has 4 N–H and O–H groups in total. The second kappa shape index (κ2) is 6.88. The summed E-state index contributed by atoms with van der Waals surface area (Å²) in [6, 6.07) is 0.741. The lowest BCUT2D eigenvalue weighted by atomic mass is 9.72. The van der Waals surface area contributed by atoms with Gasteiger partial charge in [0.05, 0.1) is 0 Å². The maximum atomic E-state index is 6.22. The average Bonchev–Trinajstić information content (AvgIpc) is 2.28. The molecule has 1 aliphatic rings. The van der Waals surface area contributed by atoms with Crippen molar-refractivity contribution in [3.63, 3.8) is 0 Å². The zero-order valence-corrected chi connectivity index (χ0v) is 12.8. The van der Waals surface area contributed by atoms with Crippen LogP contribution in [0.15, 0.2) is 0 Å². The largest absolute Gasteiger partial charge is 0.325 e. The van der Waals surface area contributed by atoms with Crippen LogP contribution in [0.2, 0.25) is 0 Å². The SMILES string of the molecule is CC(C)(N)C(C)(C)CCCCNC1CCNCC1. The number of hydrogen-bond acceptors (Lipinski definition) is 3. The van der Waals surface area contributed by atoms with Crippen molar-refractivity contribution in [3.05, 3.63) is 0 Å². The molecule has 0 atom stereocenters. The lowest BCUT2D eigenvalue weighted by molar-refractivity contribution is 0.180. The lowest BCUT2D eigenvalue weighted by Gasteiger charge is -2.38. The highest BCUT2D eigenvalue weighted by atomic mass is 15.0. The molecule has 1 fully saturated rings. The van der Waals surface area contributed by atoms with Gasteiger partial charge < -0.3 is 16.4 Å². The molecule has 1 heterocycles. The molecule has 3 heteroatoms. The van der Waals surface area contributed by atoms with Crippen molar-refractivity contribution in [3.8, 4) is 0 Å². The fraction of sp³-hybridized carbons (Fsp3) is 1.00. The zero-order valence-electron chi connectivity index (χ0n) is 12.8. The molecule has 0 amide bonds. The molecule has 0 spiro atoms. The summed E-state index contributed by atoms with van der Waals surface area (Å²) in [6.45, 7) is 12.4. The predicted molar refractivity (Wildman–Crippen MR) is 79.8 cm³/mol. The number of nitrogens with one attached hydrogen (secondary N) is 2. The Labute approximate surface area is 113 Å². The van der Waals surface area contributed by atoms with E-state index in [9.17, 15) is 0 Å². The number of hydrogen-bond donors (Lipinski definition) is 3. The van der Waals surface area contributed by atoms with Crippen LogP contribution in [0.3, 0.4) is 0 Å². The number of rotatable bonds is 7. The first-order chi connectivity index (χ1) is 8.33. The Hall–Kier alpha value is -0.120. The molecule has 108 valence electrons. The van der Waals surface area contributed by atoms with Crippen LogP contribution in [0.25, 0.3) is 0 Å². The van der Waals surface area contributed by atoms with Gasteiger partial charge in [-0.05, 0) is 64.6 Å². The van der Waals surface area contributed by atoms with E-state index in [-0.39, 0.29) is 11.0 Å². The molecule has 0 bridgehead atoms. The summed E-state index contributed by atoms with van der Waals surface area (Å²) in [4.78, 5) is 0. The second-order valence-corrected chi connectivity index (χ2v) is 7.04. The third-order valence-corrected chi connectivity index (χ3v) is 4.75. The summed E-state index contributed by atoms with van der Waals surface area (Å²) in [7, 11) is 0. The molecule has 0 aromatic carbocycles. The van der Waals surface area contributed by atoms with Gasteiger partial charge in [-0.25, -0.2) is 0 Å². The average molecular weight is 255 g/mol. The molecule has 18 heavy (non-hydrogen) atoms. The van der Waals surface area contributed by atoms with Gasteiger partial charge in [-0.15, -0.1) is 0 Å². The molecule has 0 unspecified atom stereocenters. The molecule has 3 nitrogen and oxygen atoms in total. The van der Waals surface area contributed by atoms with Crippen LogP contribution in [0.1, 0.15) is 59.8 Å². The van der Waals surface area contributed by atoms with Gasteiger partial charge in [0.2, 0.25) is 0 Å². The predicted octanol–water partition coefficient (Wildman–Crippen LogP) is 2.26. The monoisotopic (exact) mass is 255 g/mol. The topological polar surface area (TPSA) is 50.1 Å². The van der Waals surface area contributed by atoms with Crippen LogP contribution in [0, 0.1) is 5.41 Å². The molecular weight excluding hydrogens is 222 g/mol. The summed E-state index contributed by atoms with van der Waals surface area (Å²) in [5.41, 5.74) is 6.36. The third-order valence-electron chi connectivity index (χ3n) is 4.75. The van der Waals surface area contributed by atoms with Gasteiger partial charge in [0, 0.05) is 11.6 Å². The van der Waals surface area contributed by atoms with Gasteiger partial charge in [-0.3, -0.25) is 0 Å². The lowest BCUT2D eigenvalue weighted by Crippen LogP contribution is -2.47. The van der Waals surface area contributed by atoms with Crippen LogP contribution >= 0.6 is 0 Å². The molecule has 0 saturated carbocycles. The Bertz CT molecular complexity index is 224. The normalized spacial score (nSPS) is 19.2. The Morgan fingerprint density at radius 2 is 1.72 bits per heavy atom. The Morgan fingerprint density at radius 3 is 2.28 bits per heavy atom. The van der Waals surface area contributed by atoms with E-state index in [1.807, 2.05) is 0 Å². The van der Waals surface area contributed by atoms with Gasteiger partial charge >= 0.3 is 0 Å². The Morgan fingerprint density at radius 1 is 1.11 bits per heavy atom. The molecular formula is C15H33N3. The number of unbranched alkanes of at least 4 members (excludes halogenated alkanes) is 1. The van der Waals surface area contributed by atoms with Crippen LogP contribution < -0.4 is 16.4 Å². The molecule has 1 rings (SSSR count). The van der Waals surface area contributed by atoms with Crippen molar-refractivity contribution in [2.45, 2.75) is 71.4 Å². The van der Waals surface area contributed by atoms with Crippen LogP contribution in [0.5, 0.6) is 0 Å². The Balaban J connectivity index is 2.08. The van der Waals surface area contributed by atoms with Crippen molar-refractivity contribution in [2.75, 3.05) is 19.6 Å². The van der Waals surface area contributed by atoms with Gasteiger partial charge in [0.15, 0.2) is 0 Å². The van der Waals surface area contributed by atoms with Gasteiger partial charge in [0.1, 0.15) is 0 Å². The fourth-order valence-electron chi connectivity index (χ4n) is 2.35. The van der Waals surface area contributed by atoms with E-state index in [1.54, 1.807) is 0 Å². The summed E-state index contributed by atoms with van der Waals surface area (Å²) in [5.74, 6) is 0. The molecule has 0 aromatic heterocycles. The highest BCUT2D eigenvalue weighted by molar-refractivity contribution is 4.89. The third kappa shape index (κ3) is 5.25. The van der Waals surface area contributed by atoms with Crippen molar-refractivity contribution < 1.29 is 0 Å². The quantitative estimate of drug-likeness (QED) is 0.612. The van der Waals surface area contributed by atoms with E-state index in [2.05, 4.69) is 38.3 Å². The zero-order chi connectivity index (χ0) is 13.6. The maximum Gasteiger partial charge on any atom is 0.0148 e. The molecule has 0 radical (unpaired) electrons. The van der Waals surface area contributed by atoms with Gasteiger partial charge in [-0.2, -0.15) is 0 Å². The van der Waals surface area contributed by atoms with E-state index in [4.69, 9.17) is 5.73 Å². The van der Waals surface area contributed by atoms with Crippen LogP contribution in [-0.2, 0) is 0 Å². The first kappa shape index (κ1) is 15.9. The van der Waals surface area contributed by atoms with E-state index < -0.39 is 0 Å². The second-order valence-electron chi connectivity index (χ2n) is 7.04.